The van der Waals surface area contributed by atoms with E-state index >= 15 is 0 Å². The predicted octanol–water partition coefficient (Wildman–Crippen LogP) is 1.91. The van der Waals surface area contributed by atoms with Crippen molar-refractivity contribution in [3.05, 3.63) is 0 Å². The van der Waals surface area contributed by atoms with E-state index in [0.717, 1.165) is 45.3 Å². The third kappa shape index (κ3) is 2.58. The van der Waals surface area contributed by atoms with Gasteiger partial charge in [0.1, 0.15) is 0 Å². The van der Waals surface area contributed by atoms with E-state index in [0.29, 0.717) is 31.7 Å². The second-order valence-electron chi connectivity index (χ2n) is 8.34. The summed E-state index contributed by atoms with van der Waals surface area (Å²) in [7, 11) is 1.75. The highest BCUT2D eigenvalue weighted by Gasteiger charge is 2.72. The average Bonchev–Trinajstić information content (AvgIpc) is 2.86. The zero-order valence-electron chi connectivity index (χ0n) is 15.3. The first-order chi connectivity index (χ1) is 12.0. The SMILES string of the molecule is CCCCOC(=O)N1CCN2C(=O)N(C34CC(COC)(C3)C4)C[C@@H]2C1. The number of methoxy groups -OCH3 is 1. The standard InChI is InChI=1S/C18H29N3O4/c1-3-4-7-25-16(23)19-5-6-20-14(8-19)9-21(15(20)22)18-10-17(11-18,12-18)13-24-2/h14H,3-13H2,1-2H3/t14-,17?,18?/m0/s1. The zero-order valence-corrected chi connectivity index (χ0v) is 15.3. The number of carbonyl (C=O) groups is 2. The molecule has 3 amide bonds. The van der Waals surface area contributed by atoms with Crippen LogP contribution in [-0.4, -0.2) is 84.9 Å². The van der Waals surface area contributed by atoms with E-state index in [1.807, 2.05) is 4.90 Å². The third-order valence-corrected chi connectivity index (χ3v) is 6.47. The van der Waals surface area contributed by atoms with Crippen molar-refractivity contribution in [2.24, 2.45) is 5.41 Å². The molecule has 2 heterocycles. The van der Waals surface area contributed by atoms with Crippen molar-refractivity contribution < 1.29 is 19.1 Å². The Kier molecular flexibility index (Phi) is 4.09. The smallest absolute Gasteiger partial charge is 0.409 e. The predicted molar refractivity (Wildman–Crippen MR) is 91.3 cm³/mol. The van der Waals surface area contributed by atoms with Crippen LogP contribution in [0.3, 0.4) is 0 Å². The van der Waals surface area contributed by atoms with E-state index in [-0.39, 0.29) is 23.7 Å². The Morgan fingerprint density at radius 1 is 1.24 bits per heavy atom. The number of unbranched alkanes of at least 4 members (excludes halogenated alkanes) is 1. The molecule has 140 valence electrons. The molecule has 0 aromatic heterocycles. The van der Waals surface area contributed by atoms with Gasteiger partial charge in [0, 0.05) is 44.2 Å². The molecular formula is C18H29N3O4. The van der Waals surface area contributed by atoms with Crippen LogP contribution >= 0.6 is 0 Å². The lowest BCUT2D eigenvalue weighted by atomic mass is 9.39. The van der Waals surface area contributed by atoms with Crippen LogP contribution in [0.1, 0.15) is 39.0 Å². The number of urea groups is 1. The number of ether oxygens (including phenoxy) is 2. The third-order valence-electron chi connectivity index (χ3n) is 6.47. The fraction of sp³-hybridized carbons (Fsp3) is 0.889. The summed E-state index contributed by atoms with van der Waals surface area (Å²) in [6, 6.07) is 0.266. The average molecular weight is 351 g/mol. The Balaban J connectivity index is 1.33. The topological polar surface area (TPSA) is 62.3 Å². The summed E-state index contributed by atoms with van der Waals surface area (Å²) in [5, 5.41) is 0. The summed E-state index contributed by atoms with van der Waals surface area (Å²) in [6.45, 7) is 5.88. The molecule has 0 aromatic rings. The van der Waals surface area contributed by atoms with Gasteiger partial charge in [0.2, 0.25) is 0 Å². The molecule has 2 bridgehead atoms. The highest BCUT2D eigenvalue weighted by atomic mass is 16.6. The first kappa shape index (κ1) is 16.9. The molecular weight excluding hydrogens is 322 g/mol. The molecule has 0 aromatic carbocycles. The maximum absolute atomic E-state index is 12.8. The molecule has 0 N–H and O–H groups in total. The first-order valence-corrected chi connectivity index (χ1v) is 9.51. The molecule has 5 fully saturated rings. The Labute approximate surface area is 149 Å². The lowest BCUT2D eigenvalue weighted by molar-refractivity contribution is -0.222. The Morgan fingerprint density at radius 2 is 2.00 bits per heavy atom. The number of hydrogen-bond donors (Lipinski definition) is 0. The van der Waals surface area contributed by atoms with Gasteiger partial charge in [-0.25, -0.2) is 9.59 Å². The van der Waals surface area contributed by atoms with Gasteiger partial charge in [-0.05, 0) is 25.7 Å². The van der Waals surface area contributed by atoms with E-state index < -0.39 is 0 Å². The summed E-state index contributed by atoms with van der Waals surface area (Å²) in [5.74, 6) is 0. The van der Waals surface area contributed by atoms with Crippen molar-refractivity contribution in [3.8, 4) is 0 Å². The minimum Gasteiger partial charge on any atom is -0.449 e. The second kappa shape index (κ2) is 6.04. The Bertz CT molecular complexity index is 547. The van der Waals surface area contributed by atoms with Crippen molar-refractivity contribution >= 4 is 12.1 Å². The number of hydrogen-bond acceptors (Lipinski definition) is 4. The fourth-order valence-corrected chi connectivity index (χ4v) is 5.35. The minimum absolute atomic E-state index is 0.0689. The Hall–Kier alpha value is -1.50. The largest absolute Gasteiger partial charge is 0.449 e. The van der Waals surface area contributed by atoms with E-state index in [9.17, 15) is 9.59 Å². The van der Waals surface area contributed by atoms with Crippen LogP contribution in [0.15, 0.2) is 0 Å². The summed E-state index contributed by atoms with van der Waals surface area (Å²) < 4.78 is 10.7. The van der Waals surface area contributed by atoms with E-state index in [1.165, 1.54) is 0 Å². The fourth-order valence-electron chi connectivity index (χ4n) is 5.35. The van der Waals surface area contributed by atoms with Crippen molar-refractivity contribution in [1.82, 2.24) is 14.7 Å². The summed E-state index contributed by atoms with van der Waals surface area (Å²) in [4.78, 5) is 30.8. The van der Waals surface area contributed by atoms with Gasteiger partial charge in [-0.2, -0.15) is 0 Å². The van der Waals surface area contributed by atoms with E-state index in [2.05, 4.69) is 11.8 Å². The molecule has 2 aliphatic heterocycles. The van der Waals surface area contributed by atoms with Gasteiger partial charge in [0.25, 0.3) is 0 Å². The maximum Gasteiger partial charge on any atom is 0.409 e. The van der Waals surface area contributed by atoms with Crippen molar-refractivity contribution in [1.29, 1.82) is 0 Å². The molecule has 7 heteroatoms. The van der Waals surface area contributed by atoms with Gasteiger partial charge in [-0.1, -0.05) is 13.3 Å². The molecule has 0 unspecified atom stereocenters. The van der Waals surface area contributed by atoms with Gasteiger partial charge >= 0.3 is 12.1 Å². The zero-order chi connectivity index (χ0) is 17.7. The highest BCUT2D eigenvalue weighted by Crippen LogP contribution is 2.70. The highest BCUT2D eigenvalue weighted by molar-refractivity contribution is 5.80. The van der Waals surface area contributed by atoms with Gasteiger partial charge in [-0.3, -0.25) is 0 Å². The molecule has 3 saturated carbocycles. The number of piperazine rings is 1. The van der Waals surface area contributed by atoms with Gasteiger partial charge < -0.3 is 24.2 Å². The maximum atomic E-state index is 12.8. The molecule has 0 spiro atoms. The van der Waals surface area contributed by atoms with Crippen molar-refractivity contribution in [3.63, 3.8) is 0 Å². The number of carbonyl (C=O) groups excluding carboxylic acids is 2. The molecule has 5 aliphatic rings. The molecule has 0 radical (unpaired) electrons. The minimum atomic E-state index is -0.233. The molecule has 1 atom stereocenters. The van der Waals surface area contributed by atoms with E-state index in [1.54, 1.807) is 12.0 Å². The van der Waals surface area contributed by atoms with Crippen LogP contribution in [-0.2, 0) is 9.47 Å². The molecule has 2 saturated heterocycles. The number of fused-ring (bicyclic) bond motifs is 1. The lowest BCUT2D eigenvalue weighted by Crippen LogP contribution is -2.76. The number of rotatable bonds is 6. The summed E-state index contributed by atoms with van der Waals surface area (Å²) in [5.41, 5.74) is 0.395. The molecule has 3 aliphatic carbocycles. The van der Waals surface area contributed by atoms with Crippen LogP contribution in [0.4, 0.5) is 9.59 Å². The molecule has 25 heavy (non-hydrogen) atoms. The summed E-state index contributed by atoms with van der Waals surface area (Å²) >= 11 is 0. The molecule has 7 nitrogen and oxygen atoms in total. The monoisotopic (exact) mass is 351 g/mol. The van der Waals surface area contributed by atoms with Gasteiger partial charge in [0.05, 0.1) is 19.3 Å². The quantitative estimate of drug-likeness (QED) is 0.686. The van der Waals surface area contributed by atoms with E-state index in [4.69, 9.17) is 9.47 Å². The summed E-state index contributed by atoms with van der Waals surface area (Å²) in [6.07, 6.45) is 4.89. The van der Waals surface area contributed by atoms with Crippen LogP contribution in [0.2, 0.25) is 0 Å². The Morgan fingerprint density at radius 3 is 2.68 bits per heavy atom. The van der Waals surface area contributed by atoms with Crippen LogP contribution in [0.5, 0.6) is 0 Å². The van der Waals surface area contributed by atoms with Crippen molar-refractivity contribution in [2.75, 3.05) is 46.5 Å². The van der Waals surface area contributed by atoms with Crippen LogP contribution < -0.4 is 0 Å². The first-order valence-electron chi connectivity index (χ1n) is 9.51. The van der Waals surface area contributed by atoms with Crippen molar-refractivity contribution in [2.45, 2.75) is 50.6 Å². The second-order valence-corrected chi connectivity index (χ2v) is 8.34. The molecule has 5 rings (SSSR count). The number of nitrogens with zero attached hydrogens (tertiary/aromatic N) is 3. The van der Waals surface area contributed by atoms with Gasteiger partial charge in [0.15, 0.2) is 0 Å². The number of amides is 3. The lowest BCUT2D eigenvalue weighted by Gasteiger charge is -2.73. The van der Waals surface area contributed by atoms with Crippen LogP contribution in [0.25, 0.3) is 0 Å². The van der Waals surface area contributed by atoms with Crippen LogP contribution in [0, 0.1) is 5.41 Å². The normalized spacial score (nSPS) is 36.0. The van der Waals surface area contributed by atoms with Gasteiger partial charge in [-0.15, -0.1) is 0 Å².